The molecule has 5 heteroatoms. The number of nitrogens with one attached hydrogen (secondary N) is 1. The maximum absolute atomic E-state index is 10.9. The Morgan fingerprint density at radius 1 is 1.75 bits per heavy atom. The van der Waals surface area contributed by atoms with E-state index in [9.17, 15) is 9.59 Å². The van der Waals surface area contributed by atoms with Gasteiger partial charge in [0.15, 0.2) is 0 Å². The molecule has 0 aromatic heterocycles. The van der Waals surface area contributed by atoms with Crippen molar-refractivity contribution in [3.63, 3.8) is 0 Å². The zero-order valence-electron chi connectivity index (χ0n) is 6.99. The van der Waals surface area contributed by atoms with Crippen LogP contribution >= 0.6 is 0 Å². The second-order valence-corrected chi connectivity index (χ2v) is 2.59. The van der Waals surface area contributed by atoms with E-state index in [0.717, 1.165) is 0 Å². The third kappa shape index (κ3) is 4.81. The van der Waals surface area contributed by atoms with Crippen LogP contribution in [0.5, 0.6) is 0 Å². The van der Waals surface area contributed by atoms with E-state index in [0.29, 0.717) is 6.29 Å². The first kappa shape index (κ1) is 11.1. The fourth-order valence-electron chi connectivity index (χ4n) is 0.644. The topological polar surface area (TPSA) is 92.4 Å². The summed E-state index contributed by atoms with van der Waals surface area (Å²) in [6.07, 6.45) is -0.273. The molecule has 0 aliphatic heterocycles. The maximum atomic E-state index is 10.9. The number of amides is 1. The zero-order chi connectivity index (χ0) is 9.56. The number of aldehydes is 1. The van der Waals surface area contributed by atoms with Gasteiger partial charge in [-0.05, 0) is 6.92 Å². The van der Waals surface area contributed by atoms with E-state index in [-0.39, 0.29) is 18.9 Å². The minimum atomic E-state index is -0.830. The average Bonchev–Trinajstić information content (AvgIpc) is 2.03. The molecule has 0 spiro atoms. The summed E-state index contributed by atoms with van der Waals surface area (Å²) in [5.41, 5.74) is 5.08. The minimum absolute atomic E-state index is 0.0445. The Labute approximate surface area is 70.9 Å². The lowest BCUT2D eigenvalue weighted by Gasteiger charge is -2.09. The van der Waals surface area contributed by atoms with Crippen molar-refractivity contribution in [2.24, 2.45) is 5.73 Å². The highest BCUT2D eigenvalue weighted by Gasteiger charge is 2.10. The van der Waals surface area contributed by atoms with Gasteiger partial charge in [-0.1, -0.05) is 0 Å². The van der Waals surface area contributed by atoms with Gasteiger partial charge in [-0.2, -0.15) is 0 Å². The predicted octanol–water partition coefficient (Wildman–Crippen LogP) is -1.60. The van der Waals surface area contributed by atoms with Crippen molar-refractivity contribution < 1.29 is 14.7 Å². The molecule has 0 aromatic carbocycles. The molecule has 1 amide bonds. The summed E-state index contributed by atoms with van der Waals surface area (Å²) in [4.78, 5) is 21.0. The van der Waals surface area contributed by atoms with Gasteiger partial charge in [-0.3, -0.25) is 4.79 Å². The molecule has 0 fully saturated rings. The molecule has 5 nitrogen and oxygen atoms in total. The van der Waals surface area contributed by atoms with Crippen LogP contribution in [0.3, 0.4) is 0 Å². The fourth-order valence-corrected chi connectivity index (χ4v) is 0.644. The van der Waals surface area contributed by atoms with E-state index < -0.39 is 12.1 Å². The molecule has 0 rings (SSSR count). The van der Waals surface area contributed by atoms with Gasteiger partial charge in [0.2, 0.25) is 5.91 Å². The van der Waals surface area contributed by atoms with Crippen molar-refractivity contribution in [3.05, 3.63) is 0 Å². The molecular formula is C7H14N2O3. The Morgan fingerprint density at radius 2 is 2.33 bits per heavy atom. The summed E-state index contributed by atoms with van der Waals surface area (Å²) in [6, 6.07) is -0.512. The molecule has 70 valence electrons. The summed E-state index contributed by atoms with van der Waals surface area (Å²) in [6.45, 7) is 1.60. The number of carbonyl (C=O) groups excluding carboxylic acids is 2. The van der Waals surface area contributed by atoms with Gasteiger partial charge in [0.25, 0.3) is 0 Å². The Hall–Kier alpha value is -0.940. The monoisotopic (exact) mass is 174 g/mol. The summed E-state index contributed by atoms with van der Waals surface area (Å²) in [5.74, 6) is -0.368. The molecule has 12 heavy (non-hydrogen) atoms. The molecule has 4 N–H and O–H groups in total. The summed E-state index contributed by atoms with van der Waals surface area (Å²) >= 11 is 0. The number of carbonyl (C=O) groups is 2. The molecule has 0 saturated carbocycles. The molecule has 0 radical (unpaired) electrons. The van der Waals surface area contributed by atoms with E-state index in [2.05, 4.69) is 5.32 Å². The first-order valence-electron chi connectivity index (χ1n) is 3.73. The minimum Gasteiger partial charge on any atom is -0.391 e. The van der Waals surface area contributed by atoms with Crippen LogP contribution in [0, 0.1) is 0 Å². The number of rotatable bonds is 5. The Kier molecular flexibility index (Phi) is 5.23. The Bertz CT molecular complexity index is 161. The van der Waals surface area contributed by atoms with Crippen molar-refractivity contribution in [1.29, 1.82) is 0 Å². The first-order chi connectivity index (χ1) is 5.60. The van der Waals surface area contributed by atoms with E-state index >= 15 is 0 Å². The molecule has 0 aliphatic rings. The quantitative estimate of drug-likeness (QED) is 0.438. The van der Waals surface area contributed by atoms with E-state index in [1.807, 2.05) is 0 Å². The van der Waals surface area contributed by atoms with Crippen LogP contribution in [0.4, 0.5) is 0 Å². The highest BCUT2D eigenvalue weighted by atomic mass is 16.3. The summed E-state index contributed by atoms with van der Waals surface area (Å²) < 4.78 is 0. The second-order valence-electron chi connectivity index (χ2n) is 2.59. The van der Waals surface area contributed by atoms with Crippen LogP contribution < -0.4 is 11.1 Å². The number of hydrogen-bond donors (Lipinski definition) is 3. The molecule has 0 saturated heterocycles. The standard InChI is InChI=1S/C7H14N2O3/c1-5(4-10)9-7(12)2-6(11)3-8/h4-6,11H,2-3,8H2,1H3,(H,9,12). The lowest BCUT2D eigenvalue weighted by atomic mass is 10.2. The van der Waals surface area contributed by atoms with Gasteiger partial charge in [-0.15, -0.1) is 0 Å². The molecule has 2 atom stereocenters. The largest absolute Gasteiger partial charge is 0.391 e. The van der Waals surface area contributed by atoms with Crippen molar-refractivity contribution in [3.8, 4) is 0 Å². The second kappa shape index (κ2) is 5.68. The van der Waals surface area contributed by atoms with Crippen LogP contribution in [-0.4, -0.2) is 36.0 Å². The fraction of sp³-hybridized carbons (Fsp3) is 0.714. The smallest absolute Gasteiger partial charge is 0.223 e. The molecule has 0 aliphatic carbocycles. The van der Waals surface area contributed by atoms with Crippen LogP contribution in [0.25, 0.3) is 0 Å². The van der Waals surface area contributed by atoms with Gasteiger partial charge < -0.3 is 21.0 Å². The number of hydrogen-bond acceptors (Lipinski definition) is 4. The third-order valence-electron chi connectivity index (χ3n) is 1.29. The normalized spacial score (nSPS) is 14.9. The number of aliphatic hydroxyl groups is 1. The zero-order valence-corrected chi connectivity index (χ0v) is 6.99. The van der Waals surface area contributed by atoms with Crippen molar-refractivity contribution in [1.82, 2.24) is 5.32 Å². The highest BCUT2D eigenvalue weighted by Crippen LogP contribution is 1.89. The summed E-state index contributed by atoms with van der Waals surface area (Å²) in [7, 11) is 0. The SMILES string of the molecule is CC(C=O)NC(=O)CC(O)CN. The maximum Gasteiger partial charge on any atom is 0.223 e. The Morgan fingerprint density at radius 3 is 2.75 bits per heavy atom. The predicted molar refractivity (Wildman–Crippen MR) is 43.3 cm³/mol. The lowest BCUT2D eigenvalue weighted by Crippen LogP contribution is -2.37. The summed E-state index contributed by atoms with van der Waals surface area (Å²) in [5, 5.41) is 11.3. The van der Waals surface area contributed by atoms with E-state index in [4.69, 9.17) is 10.8 Å². The van der Waals surface area contributed by atoms with Gasteiger partial charge in [0.1, 0.15) is 6.29 Å². The van der Waals surface area contributed by atoms with Crippen LogP contribution in [0.1, 0.15) is 13.3 Å². The molecule has 0 heterocycles. The number of aliphatic hydroxyl groups excluding tert-OH is 1. The van der Waals surface area contributed by atoms with Crippen LogP contribution in [0.15, 0.2) is 0 Å². The molecular weight excluding hydrogens is 160 g/mol. The van der Waals surface area contributed by atoms with E-state index in [1.54, 1.807) is 6.92 Å². The van der Waals surface area contributed by atoms with Gasteiger partial charge in [0, 0.05) is 6.54 Å². The molecule has 2 unspecified atom stereocenters. The first-order valence-corrected chi connectivity index (χ1v) is 3.73. The van der Waals surface area contributed by atoms with Crippen LogP contribution in [-0.2, 0) is 9.59 Å². The molecule has 0 bridgehead atoms. The van der Waals surface area contributed by atoms with E-state index in [1.165, 1.54) is 0 Å². The third-order valence-corrected chi connectivity index (χ3v) is 1.29. The van der Waals surface area contributed by atoms with Gasteiger partial charge in [0.05, 0.1) is 18.6 Å². The Balaban J connectivity index is 3.66. The number of nitrogens with two attached hydrogens (primary N) is 1. The van der Waals surface area contributed by atoms with Crippen LogP contribution in [0.2, 0.25) is 0 Å². The van der Waals surface area contributed by atoms with Crippen molar-refractivity contribution in [2.45, 2.75) is 25.5 Å². The van der Waals surface area contributed by atoms with Crippen molar-refractivity contribution in [2.75, 3.05) is 6.54 Å². The molecule has 0 aromatic rings. The van der Waals surface area contributed by atoms with Gasteiger partial charge >= 0.3 is 0 Å². The van der Waals surface area contributed by atoms with Crippen molar-refractivity contribution >= 4 is 12.2 Å². The highest BCUT2D eigenvalue weighted by molar-refractivity contribution is 5.79. The lowest BCUT2D eigenvalue weighted by molar-refractivity contribution is -0.125. The van der Waals surface area contributed by atoms with Gasteiger partial charge in [-0.25, -0.2) is 0 Å². The average molecular weight is 174 g/mol.